The van der Waals surface area contributed by atoms with E-state index in [-0.39, 0.29) is 0 Å². The van der Waals surface area contributed by atoms with Crippen molar-refractivity contribution >= 4 is 21.4 Å². The molecule has 2 nitrogen and oxygen atoms in total. The molecule has 92 valence electrons. The second kappa shape index (κ2) is 6.15. The first-order valence-electron chi connectivity index (χ1n) is 6.05. The molecule has 2 rings (SSSR count). The van der Waals surface area contributed by atoms with Crippen molar-refractivity contribution < 1.29 is 4.74 Å². The zero-order chi connectivity index (χ0) is 12.1. The Labute approximate surface area is 107 Å². The SMILES string of the molecule is CCCNC(COC)c1csc2ccccc12. The molecule has 1 N–H and O–H groups in total. The standard InChI is InChI=1S/C14H19NOS/c1-3-8-15-13(9-16-2)12-10-17-14-7-5-4-6-11(12)14/h4-7,10,13,15H,3,8-9H2,1-2H3. The summed E-state index contributed by atoms with van der Waals surface area (Å²) in [6, 6.07) is 8.86. The van der Waals surface area contributed by atoms with Crippen LogP contribution in [0.5, 0.6) is 0 Å². The van der Waals surface area contributed by atoms with Crippen LogP contribution in [0.4, 0.5) is 0 Å². The van der Waals surface area contributed by atoms with Gasteiger partial charge in [-0.05, 0) is 35.4 Å². The van der Waals surface area contributed by atoms with E-state index < -0.39 is 0 Å². The smallest absolute Gasteiger partial charge is 0.0658 e. The van der Waals surface area contributed by atoms with Gasteiger partial charge >= 0.3 is 0 Å². The van der Waals surface area contributed by atoms with Crippen molar-refractivity contribution in [2.24, 2.45) is 0 Å². The van der Waals surface area contributed by atoms with E-state index in [4.69, 9.17) is 4.74 Å². The third kappa shape index (κ3) is 2.86. The number of hydrogen-bond acceptors (Lipinski definition) is 3. The maximum Gasteiger partial charge on any atom is 0.0658 e. The molecule has 1 aromatic heterocycles. The van der Waals surface area contributed by atoms with Gasteiger partial charge in [-0.15, -0.1) is 11.3 Å². The van der Waals surface area contributed by atoms with Gasteiger partial charge in [-0.2, -0.15) is 0 Å². The van der Waals surface area contributed by atoms with Crippen molar-refractivity contribution in [3.8, 4) is 0 Å². The van der Waals surface area contributed by atoms with Crippen molar-refractivity contribution in [1.82, 2.24) is 5.32 Å². The number of nitrogens with one attached hydrogen (secondary N) is 1. The van der Waals surface area contributed by atoms with Gasteiger partial charge in [0, 0.05) is 11.8 Å². The van der Waals surface area contributed by atoms with E-state index in [2.05, 4.69) is 41.9 Å². The maximum atomic E-state index is 5.32. The van der Waals surface area contributed by atoms with Gasteiger partial charge in [0.1, 0.15) is 0 Å². The molecule has 0 aliphatic rings. The highest BCUT2D eigenvalue weighted by atomic mass is 32.1. The van der Waals surface area contributed by atoms with Crippen LogP contribution in [0.25, 0.3) is 10.1 Å². The van der Waals surface area contributed by atoms with Crippen LogP contribution < -0.4 is 5.32 Å². The summed E-state index contributed by atoms with van der Waals surface area (Å²) in [5, 5.41) is 7.14. The molecule has 0 radical (unpaired) electrons. The third-order valence-corrected chi connectivity index (χ3v) is 3.84. The van der Waals surface area contributed by atoms with E-state index in [0.717, 1.165) is 19.6 Å². The molecule has 0 saturated carbocycles. The molecule has 0 aliphatic carbocycles. The Bertz CT molecular complexity index is 466. The first-order chi connectivity index (χ1) is 8.36. The van der Waals surface area contributed by atoms with E-state index in [1.165, 1.54) is 15.6 Å². The van der Waals surface area contributed by atoms with Gasteiger partial charge < -0.3 is 10.1 Å². The van der Waals surface area contributed by atoms with Gasteiger partial charge in [-0.3, -0.25) is 0 Å². The van der Waals surface area contributed by atoms with Crippen LogP contribution in [0.15, 0.2) is 29.6 Å². The molecule has 0 aliphatic heterocycles. The molecule has 1 atom stereocenters. The number of fused-ring (bicyclic) bond motifs is 1. The lowest BCUT2D eigenvalue weighted by Crippen LogP contribution is -2.25. The monoisotopic (exact) mass is 249 g/mol. The second-order valence-corrected chi connectivity index (χ2v) is 5.06. The molecule has 0 spiro atoms. The average molecular weight is 249 g/mol. The van der Waals surface area contributed by atoms with E-state index in [1.807, 2.05) is 0 Å². The Hall–Kier alpha value is -0.900. The molecule has 0 bridgehead atoms. The van der Waals surface area contributed by atoms with Gasteiger partial charge in [0.25, 0.3) is 0 Å². The highest BCUT2D eigenvalue weighted by Gasteiger charge is 2.14. The van der Waals surface area contributed by atoms with Gasteiger partial charge in [-0.25, -0.2) is 0 Å². The summed E-state index contributed by atoms with van der Waals surface area (Å²) in [4.78, 5) is 0. The minimum Gasteiger partial charge on any atom is -0.383 e. The van der Waals surface area contributed by atoms with Crippen molar-refractivity contribution in [3.63, 3.8) is 0 Å². The fourth-order valence-corrected chi connectivity index (χ4v) is 3.03. The molecule has 0 fully saturated rings. The molecule has 1 unspecified atom stereocenters. The number of ether oxygens (including phenoxy) is 1. The van der Waals surface area contributed by atoms with Crippen molar-refractivity contribution in [2.75, 3.05) is 20.3 Å². The highest BCUT2D eigenvalue weighted by molar-refractivity contribution is 7.17. The first-order valence-corrected chi connectivity index (χ1v) is 6.93. The van der Waals surface area contributed by atoms with E-state index >= 15 is 0 Å². The lowest BCUT2D eigenvalue weighted by Gasteiger charge is -2.17. The van der Waals surface area contributed by atoms with Gasteiger partial charge in [0.2, 0.25) is 0 Å². The summed E-state index contributed by atoms with van der Waals surface area (Å²) in [5.74, 6) is 0. The van der Waals surface area contributed by atoms with Gasteiger partial charge in [-0.1, -0.05) is 25.1 Å². The van der Waals surface area contributed by atoms with Crippen LogP contribution in [0.1, 0.15) is 24.9 Å². The minimum absolute atomic E-state index is 0.302. The summed E-state index contributed by atoms with van der Waals surface area (Å²) < 4.78 is 6.66. The lowest BCUT2D eigenvalue weighted by molar-refractivity contribution is 0.167. The molecule has 1 heterocycles. The van der Waals surface area contributed by atoms with Gasteiger partial charge in [0.05, 0.1) is 12.6 Å². The molecule has 17 heavy (non-hydrogen) atoms. The quantitative estimate of drug-likeness (QED) is 0.844. The number of thiophene rings is 1. The molecule has 3 heteroatoms. The second-order valence-electron chi connectivity index (χ2n) is 4.15. The molecule has 0 amide bonds. The fraction of sp³-hybridized carbons (Fsp3) is 0.429. The zero-order valence-electron chi connectivity index (χ0n) is 10.4. The van der Waals surface area contributed by atoms with Crippen molar-refractivity contribution in [1.29, 1.82) is 0 Å². The minimum atomic E-state index is 0.302. The summed E-state index contributed by atoms with van der Waals surface area (Å²) >= 11 is 1.81. The van der Waals surface area contributed by atoms with E-state index in [1.54, 1.807) is 18.4 Å². The first kappa shape index (κ1) is 12.6. The Balaban J connectivity index is 2.27. The van der Waals surface area contributed by atoms with Crippen LogP contribution in [0.2, 0.25) is 0 Å². The number of benzene rings is 1. The fourth-order valence-electron chi connectivity index (χ4n) is 2.01. The Morgan fingerprint density at radius 1 is 1.35 bits per heavy atom. The van der Waals surface area contributed by atoms with E-state index in [9.17, 15) is 0 Å². The normalized spacial score (nSPS) is 13.1. The lowest BCUT2D eigenvalue weighted by atomic mass is 10.1. The Morgan fingerprint density at radius 3 is 2.94 bits per heavy atom. The zero-order valence-corrected chi connectivity index (χ0v) is 11.2. The van der Waals surface area contributed by atoms with Crippen LogP contribution in [-0.2, 0) is 4.74 Å². The average Bonchev–Trinajstić information content (AvgIpc) is 2.78. The molecule has 2 aromatic rings. The van der Waals surface area contributed by atoms with E-state index in [0.29, 0.717) is 6.04 Å². The van der Waals surface area contributed by atoms with Crippen LogP contribution >= 0.6 is 11.3 Å². The van der Waals surface area contributed by atoms with Crippen LogP contribution in [-0.4, -0.2) is 20.3 Å². The van der Waals surface area contributed by atoms with Crippen molar-refractivity contribution in [2.45, 2.75) is 19.4 Å². The highest BCUT2D eigenvalue weighted by Crippen LogP contribution is 2.30. The predicted molar refractivity (Wildman–Crippen MR) is 74.7 cm³/mol. The van der Waals surface area contributed by atoms with Crippen LogP contribution in [0.3, 0.4) is 0 Å². The summed E-state index contributed by atoms with van der Waals surface area (Å²) in [7, 11) is 1.76. The maximum absolute atomic E-state index is 5.32. The molecular formula is C14H19NOS. The number of rotatable bonds is 6. The predicted octanol–water partition coefficient (Wildman–Crippen LogP) is 3.59. The molecule has 1 aromatic carbocycles. The molecular weight excluding hydrogens is 230 g/mol. The molecule has 0 saturated heterocycles. The summed E-state index contributed by atoms with van der Waals surface area (Å²) in [6.07, 6.45) is 1.14. The Kier molecular flexibility index (Phi) is 4.54. The summed E-state index contributed by atoms with van der Waals surface area (Å²) in [5.41, 5.74) is 1.36. The van der Waals surface area contributed by atoms with Crippen LogP contribution in [0, 0.1) is 0 Å². The largest absolute Gasteiger partial charge is 0.383 e. The number of methoxy groups -OCH3 is 1. The van der Waals surface area contributed by atoms with Gasteiger partial charge in [0.15, 0.2) is 0 Å². The Morgan fingerprint density at radius 2 is 2.18 bits per heavy atom. The summed E-state index contributed by atoms with van der Waals surface area (Å²) in [6.45, 7) is 3.93. The number of hydrogen-bond donors (Lipinski definition) is 1. The third-order valence-electron chi connectivity index (χ3n) is 2.86. The topological polar surface area (TPSA) is 21.3 Å². The van der Waals surface area contributed by atoms with Crippen molar-refractivity contribution in [3.05, 3.63) is 35.2 Å².